The zero-order valence-corrected chi connectivity index (χ0v) is 15.8. The maximum Gasteiger partial charge on any atom is 0.275 e. The highest BCUT2D eigenvalue weighted by Crippen LogP contribution is 2.16. The van der Waals surface area contributed by atoms with Gasteiger partial charge in [0.1, 0.15) is 11.5 Å². The molecule has 0 radical (unpaired) electrons. The van der Waals surface area contributed by atoms with Crippen LogP contribution < -0.4 is 15.5 Å². The molecular weight excluding hydrogens is 360 g/mol. The number of carbonyl (C=O) groups is 3. The summed E-state index contributed by atoms with van der Waals surface area (Å²) in [5.74, 6) is 0.227. The van der Waals surface area contributed by atoms with Crippen molar-refractivity contribution in [2.24, 2.45) is 0 Å². The van der Waals surface area contributed by atoms with Crippen LogP contribution in [0.15, 0.2) is 36.7 Å². The molecule has 3 rings (SSSR count). The Morgan fingerprint density at radius 1 is 0.857 bits per heavy atom. The zero-order valence-electron chi connectivity index (χ0n) is 15.8. The molecule has 0 aliphatic carbocycles. The van der Waals surface area contributed by atoms with Gasteiger partial charge in [-0.3, -0.25) is 14.4 Å². The van der Waals surface area contributed by atoms with Gasteiger partial charge in [0.05, 0.1) is 12.4 Å². The van der Waals surface area contributed by atoms with Crippen LogP contribution in [-0.4, -0.2) is 58.8 Å². The number of hydrogen-bond acceptors (Lipinski definition) is 6. The Balaban J connectivity index is 1.58. The Bertz CT molecular complexity index is 858. The Kier molecular flexibility index (Phi) is 5.83. The molecular formula is C19H22N6O3. The van der Waals surface area contributed by atoms with Crippen molar-refractivity contribution in [2.75, 3.05) is 41.7 Å². The molecule has 1 aromatic heterocycles. The molecule has 1 saturated heterocycles. The van der Waals surface area contributed by atoms with Crippen LogP contribution in [0.1, 0.15) is 24.3 Å². The average molecular weight is 382 g/mol. The Labute approximate surface area is 162 Å². The summed E-state index contributed by atoms with van der Waals surface area (Å²) < 4.78 is 0. The fraction of sp³-hybridized carbons (Fsp3) is 0.316. The summed E-state index contributed by atoms with van der Waals surface area (Å²) in [7, 11) is 0. The quantitative estimate of drug-likeness (QED) is 0.827. The first-order valence-corrected chi connectivity index (χ1v) is 8.94. The van der Waals surface area contributed by atoms with E-state index in [-0.39, 0.29) is 23.4 Å². The molecule has 28 heavy (non-hydrogen) atoms. The molecule has 9 nitrogen and oxygen atoms in total. The van der Waals surface area contributed by atoms with E-state index in [0.29, 0.717) is 43.4 Å². The monoisotopic (exact) mass is 382 g/mol. The van der Waals surface area contributed by atoms with Gasteiger partial charge in [0.2, 0.25) is 11.8 Å². The number of hydrogen-bond donors (Lipinski definition) is 2. The minimum absolute atomic E-state index is 0.0721. The molecule has 0 bridgehead atoms. The van der Waals surface area contributed by atoms with Crippen molar-refractivity contribution < 1.29 is 14.4 Å². The second-order valence-corrected chi connectivity index (χ2v) is 6.47. The SMILES string of the molecule is CC(=O)Nc1ccc(NC(=O)c2cnc(N3CCN(C(C)=O)CC3)cn2)cc1. The lowest BCUT2D eigenvalue weighted by atomic mass is 10.2. The number of rotatable bonds is 4. The van der Waals surface area contributed by atoms with Crippen molar-refractivity contribution >= 4 is 34.9 Å². The number of amides is 3. The fourth-order valence-electron chi connectivity index (χ4n) is 2.89. The molecule has 0 atom stereocenters. The molecule has 0 unspecified atom stereocenters. The van der Waals surface area contributed by atoms with Gasteiger partial charge >= 0.3 is 0 Å². The summed E-state index contributed by atoms with van der Waals surface area (Å²) in [5.41, 5.74) is 1.45. The zero-order chi connectivity index (χ0) is 20.1. The highest BCUT2D eigenvalue weighted by Gasteiger charge is 2.20. The predicted molar refractivity (Wildman–Crippen MR) is 105 cm³/mol. The van der Waals surface area contributed by atoms with Crippen LogP contribution in [0.5, 0.6) is 0 Å². The molecule has 0 spiro atoms. The molecule has 1 aliphatic heterocycles. The first kappa shape index (κ1) is 19.3. The molecule has 1 aromatic carbocycles. The summed E-state index contributed by atoms with van der Waals surface area (Å²) in [6, 6.07) is 6.79. The van der Waals surface area contributed by atoms with E-state index in [9.17, 15) is 14.4 Å². The van der Waals surface area contributed by atoms with Crippen LogP contribution in [0.4, 0.5) is 17.2 Å². The summed E-state index contributed by atoms with van der Waals surface area (Å²) in [5, 5.41) is 5.41. The summed E-state index contributed by atoms with van der Waals surface area (Å²) in [6.45, 7) is 5.65. The van der Waals surface area contributed by atoms with Gasteiger partial charge in [-0.25, -0.2) is 9.97 Å². The number of piperazine rings is 1. The third-order valence-electron chi connectivity index (χ3n) is 4.38. The van der Waals surface area contributed by atoms with Crippen molar-refractivity contribution in [3.8, 4) is 0 Å². The van der Waals surface area contributed by atoms with Crippen LogP contribution in [0.3, 0.4) is 0 Å². The topological polar surface area (TPSA) is 108 Å². The van der Waals surface area contributed by atoms with E-state index in [2.05, 4.69) is 20.6 Å². The Morgan fingerprint density at radius 2 is 1.46 bits per heavy atom. The molecule has 146 valence electrons. The van der Waals surface area contributed by atoms with E-state index < -0.39 is 0 Å². The van der Waals surface area contributed by atoms with Crippen LogP contribution in [0, 0.1) is 0 Å². The van der Waals surface area contributed by atoms with Gasteiger partial charge in [0.15, 0.2) is 0 Å². The summed E-state index contributed by atoms with van der Waals surface area (Å²) in [6.07, 6.45) is 3.01. The van der Waals surface area contributed by atoms with Crippen LogP contribution in [0.2, 0.25) is 0 Å². The Hall–Kier alpha value is -3.49. The van der Waals surface area contributed by atoms with Gasteiger partial charge in [-0.05, 0) is 24.3 Å². The fourth-order valence-corrected chi connectivity index (χ4v) is 2.89. The van der Waals surface area contributed by atoms with Crippen molar-refractivity contribution in [3.63, 3.8) is 0 Å². The third-order valence-corrected chi connectivity index (χ3v) is 4.38. The average Bonchev–Trinajstić information content (AvgIpc) is 2.69. The predicted octanol–water partition coefficient (Wildman–Crippen LogP) is 1.36. The van der Waals surface area contributed by atoms with Crippen molar-refractivity contribution in [1.82, 2.24) is 14.9 Å². The largest absolute Gasteiger partial charge is 0.352 e. The van der Waals surface area contributed by atoms with E-state index >= 15 is 0 Å². The van der Waals surface area contributed by atoms with Gasteiger partial charge in [-0.15, -0.1) is 0 Å². The molecule has 1 aliphatic rings. The van der Waals surface area contributed by atoms with Gasteiger partial charge < -0.3 is 20.4 Å². The first-order valence-electron chi connectivity index (χ1n) is 8.94. The highest BCUT2D eigenvalue weighted by molar-refractivity contribution is 6.02. The summed E-state index contributed by atoms with van der Waals surface area (Å²) in [4.78, 5) is 47.1. The number of benzene rings is 1. The number of aromatic nitrogens is 2. The smallest absolute Gasteiger partial charge is 0.275 e. The molecule has 2 heterocycles. The van der Waals surface area contributed by atoms with Crippen LogP contribution >= 0.6 is 0 Å². The van der Waals surface area contributed by atoms with E-state index in [0.717, 1.165) is 0 Å². The summed E-state index contributed by atoms with van der Waals surface area (Å²) >= 11 is 0. The van der Waals surface area contributed by atoms with E-state index in [1.54, 1.807) is 42.3 Å². The van der Waals surface area contributed by atoms with Gasteiger partial charge in [-0.1, -0.05) is 0 Å². The minimum Gasteiger partial charge on any atom is -0.352 e. The van der Waals surface area contributed by atoms with E-state index in [1.165, 1.54) is 13.1 Å². The lowest BCUT2D eigenvalue weighted by Gasteiger charge is -2.34. The number of nitrogens with zero attached hydrogens (tertiary/aromatic N) is 4. The first-order chi connectivity index (χ1) is 13.4. The standard InChI is InChI=1S/C19H22N6O3/c1-13(26)22-15-3-5-16(6-4-15)23-19(28)17-11-21-18(12-20-17)25-9-7-24(8-10-25)14(2)27/h3-6,11-12H,7-10H2,1-2H3,(H,22,26)(H,23,28). The normalized spacial score (nSPS) is 13.8. The molecule has 3 amide bonds. The van der Waals surface area contributed by atoms with Crippen molar-refractivity contribution in [2.45, 2.75) is 13.8 Å². The molecule has 2 N–H and O–H groups in total. The van der Waals surface area contributed by atoms with Gasteiger partial charge in [0.25, 0.3) is 5.91 Å². The van der Waals surface area contributed by atoms with Gasteiger partial charge in [0, 0.05) is 51.4 Å². The number of nitrogens with one attached hydrogen (secondary N) is 2. The third kappa shape index (κ3) is 4.81. The molecule has 9 heteroatoms. The maximum atomic E-state index is 12.3. The number of carbonyl (C=O) groups excluding carboxylic acids is 3. The molecule has 1 fully saturated rings. The second kappa shape index (κ2) is 8.47. The lowest BCUT2D eigenvalue weighted by molar-refractivity contribution is -0.129. The molecule has 0 saturated carbocycles. The number of anilines is 3. The van der Waals surface area contributed by atoms with E-state index in [4.69, 9.17) is 0 Å². The highest BCUT2D eigenvalue weighted by atomic mass is 16.2. The Morgan fingerprint density at radius 3 is 1.96 bits per heavy atom. The second-order valence-electron chi connectivity index (χ2n) is 6.47. The van der Waals surface area contributed by atoms with Crippen LogP contribution in [0.25, 0.3) is 0 Å². The van der Waals surface area contributed by atoms with E-state index in [1.807, 2.05) is 4.90 Å². The van der Waals surface area contributed by atoms with Crippen LogP contribution in [-0.2, 0) is 9.59 Å². The lowest BCUT2D eigenvalue weighted by Crippen LogP contribution is -2.48. The van der Waals surface area contributed by atoms with Crippen molar-refractivity contribution in [3.05, 3.63) is 42.4 Å². The minimum atomic E-state index is -0.368. The maximum absolute atomic E-state index is 12.3. The van der Waals surface area contributed by atoms with Gasteiger partial charge in [-0.2, -0.15) is 0 Å². The molecule has 2 aromatic rings. The van der Waals surface area contributed by atoms with Crippen molar-refractivity contribution in [1.29, 1.82) is 0 Å².